The molecule has 0 saturated heterocycles. The Balaban J connectivity index is 2.64. The molecule has 5 heteroatoms. The predicted octanol–water partition coefficient (Wildman–Crippen LogP) is 7.54. The van der Waals surface area contributed by atoms with Crippen LogP contribution < -0.4 is 4.74 Å². The van der Waals surface area contributed by atoms with E-state index in [1.54, 1.807) is 0 Å². The van der Waals surface area contributed by atoms with E-state index < -0.39 is 10.1 Å². The predicted molar refractivity (Wildman–Crippen MR) is 132 cm³/mol. The largest absolute Gasteiger partial charge is 0.491 e. The number of unbranched alkanes of at least 4 members (excludes halogenated alkanes) is 10. The van der Waals surface area contributed by atoms with E-state index in [0.717, 1.165) is 18.6 Å². The third kappa shape index (κ3) is 14.6. The fourth-order valence-electron chi connectivity index (χ4n) is 3.95. The molecule has 0 spiro atoms. The SMILES string of the molecule is CCCCCCCCc1ccc(OC(C)CCS(=O)(=O)O)cc1CCCCCCCC. The Bertz CT molecular complexity index is 685. The highest BCUT2D eigenvalue weighted by Crippen LogP contribution is 2.24. The van der Waals surface area contributed by atoms with Gasteiger partial charge in [-0.25, -0.2) is 0 Å². The van der Waals surface area contributed by atoms with Gasteiger partial charge in [-0.3, -0.25) is 4.55 Å². The van der Waals surface area contributed by atoms with Crippen molar-refractivity contribution >= 4 is 10.1 Å². The van der Waals surface area contributed by atoms with Gasteiger partial charge < -0.3 is 4.74 Å². The monoisotopic (exact) mass is 454 g/mol. The molecule has 0 aliphatic carbocycles. The van der Waals surface area contributed by atoms with E-state index in [1.165, 1.54) is 88.2 Å². The maximum Gasteiger partial charge on any atom is 0.264 e. The second-order valence-corrected chi connectivity index (χ2v) is 10.5. The highest BCUT2D eigenvalue weighted by Gasteiger charge is 2.12. The average molecular weight is 455 g/mol. The van der Waals surface area contributed by atoms with Crippen molar-refractivity contribution in [2.75, 3.05) is 5.75 Å². The number of aryl methyl sites for hydroxylation is 2. The average Bonchev–Trinajstić information content (AvgIpc) is 2.72. The summed E-state index contributed by atoms with van der Waals surface area (Å²) in [5.74, 6) is 0.532. The van der Waals surface area contributed by atoms with E-state index in [9.17, 15) is 8.42 Å². The molecule has 180 valence electrons. The quantitative estimate of drug-likeness (QED) is 0.173. The summed E-state index contributed by atoms with van der Waals surface area (Å²) in [6.07, 6.45) is 17.8. The van der Waals surface area contributed by atoms with Gasteiger partial charge in [0.05, 0.1) is 11.9 Å². The lowest BCUT2D eigenvalue weighted by atomic mass is 9.96. The zero-order valence-electron chi connectivity index (χ0n) is 20.2. The Hall–Kier alpha value is -1.07. The van der Waals surface area contributed by atoms with Crippen LogP contribution >= 0.6 is 0 Å². The van der Waals surface area contributed by atoms with Gasteiger partial charge in [0.15, 0.2) is 0 Å². The zero-order chi connectivity index (χ0) is 23.0. The van der Waals surface area contributed by atoms with Crippen LogP contribution in [0, 0.1) is 0 Å². The lowest BCUT2D eigenvalue weighted by molar-refractivity contribution is 0.217. The third-order valence-electron chi connectivity index (χ3n) is 5.90. The van der Waals surface area contributed by atoms with Crippen LogP contribution in [-0.2, 0) is 23.0 Å². The summed E-state index contributed by atoms with van der Waals surface area (Å²) in [5, 5.41) is 0. The van der Waals surface area contributed by atoms with Crippen molar-refractivity contribution in [1.82, 2.24) is 0 Å². The lowest BCUT2D eigenvalue weighted by Gasteiger charge is -2.17. The molecule has 0 amide bonds. The molecule has 0 saturated carbocycles. The van der Waals surface area contributed by atoms with Crippen LogP contribution in [0.15, 0.2) is 18.2 Å². The third-order valence-corrected chi connectivity index (χ3v) is 6.65. The smallest absolute Gasteiger partial charge is 0.264 e. The van der Waals surface area contributed by atoms with Gasteiger partial charge in [0.1, 0.15) is 5.75 Å². The molecule has 1 aromatic carbocycles. The Morgan fingerprint density at radius 2 is 1.32 bits per heavy atom. The Morgan fingerprint density at radius 1 is 0.806 bits per heavy atom. The van der Waals surface area contributed by atoms with E-state index in [-0.39, 0.29) is 18.3 Å². The van der Waals surface area contributed by atoms with Crippen molar-refractivity contribution in [1.29, 1.82) is 0 Å². The normalized spacial score (nSPS) is 12.8. The maximum absolute atomic E-state index is 11.0. The molecule has 0 heterocycles. The molecule has 0 fully saturated rings. The van der Waals surface area contributed by atoms with E-state index in [0.29, 0.717) is 0 Å². The minimum atomic E-state index is -3.95. The molecular weight excluding hydrogens is 408 g/mol. The van der Waals surface area contributed by atoms with Gasteiger partial charge in [0, 0.05) is 6.42 Å². The van der Waals surface area contributed by atoms with Crippen molar-refractivity contribution in [2.45, 2.75) is 123 Å². The zero-order valence-corrected chi connectivity index (χ0v) is 21.0. The first-order chi connectivity index (χ1) is 14.9. The molecule has 31 heavy (non-hydrogen) atoms. The van der Waals surface area contributed by atoms with E-state index in [2.05, 4.69) is 26.0 Å². The van der Waals surface area contributed by atoms with Crippen molar-refractivity contribution in [3.05, 3.63) is 29.3 Å². The van der Waals surface area contributed by atoms with Crippen molar-refractivity contribution in [3.63, 3.8) is 0 Å². The number of ether oxygens (including phenoxy) is 1. The van der Waals surface area contributed by atoms with Crippen LogP contribution in [0.4, 0.5) is 0 Å². The molecular formula is C26H46O4S. The first kappa shape index (κ1) is 28.0. The summed E-state index contributed by atoms with van der Waals surface area (Å²) in [7, 11) is -3.95. The lowest BCUT2D eigenvalue weighted by Crippen LogP contribution is -2.17. The Kier molecular flexibility index (Phi) is 14.9. The van der Waals surface area contributed by atoms with Crippen LogP contribution in [0.3, 0.4) is 0 Å². The molecule has 1 N–H and O–H groups in total. The summed E-state index contributed by atoms with van der Waals surface area (Å²) in [6, 6.07) is 6.37. The molecule has 1 atom stereocenters. The highest BCUT2D eigenvalue weighted by molar-refractivity contribution is 7.85. The maximum atomic E-state index is 11.0. The van der Waals surface area contributed by atoms with Crippen molar-refractivity contribution < 1.29 is 17.7 Å². The molecule has 1 rings (SSSR count). The van der Waals surface area contributed by atoms with Gasteiger partial charge in [-0.1, -0.05) is 84.1 Å². The summed E-state index contributed by atoms with van der Waals surface area (Å²) < 4.78 is 36.9. The number of hydrogen-bond acceptors (Lipinski definition) is 3. The first-order valence-corrected chi connectivity index (χ1v) is 14.2. The summed E-state index contributed by atoms with van der Waals surface area (Å²) in [4.78, 5) is 0. The van der Waals surface area contributed by atoms with Crippen LogP contribution in [-0.4, -0.2) is 24.8 Å². The van der Waals surface area contributed by atoms with Crippen LogP contribution in [0.5, 0.6) is 5.75 Å². The Morgan fingerprint density at radius 3 is 1.87 bits per heavy atom. The summed E-state index contributed by atoms with van der Waals surface area (Å²) >= 11 is 0. The second-order valence-electron chi connectivity index (χ2n) is 8.97. The van der Waals surface area contributed by atoms with E-state index in [4.69, 9.17) is 9.29 Å². The molecule has 1 unspecified atom stereocenters. The van der Waals surface area contributed by atoms with Gasteiger partial charge in [-0.05, 0) is 55.9 Å². The first-order valence-electron chi connectivity index (χ1n) is 12.6. The second kappa shape index (κ2) is 16.5. The summed E-state index contributed by atoms with van der Waals surface area (Å²) in [6.45, 7) is 6.35. The molecule has 0 bridgehead atoms. The molecule has 0 aromatic heterocycles. The molecule has 0 aliphatic heterocycles. The summed E-state index contributed by atoms with van der Waals surface area (Å²) in [5.41, 5.74) is 2.81. The van der Waals surface area contributed by atoms with Crippen molar-refractivity contribution in [3.8, 4) is 5.75 Å². The van der Waals surface area contributed by atoms with Gasteiger partial charge in [-0.2, -0.15) is 8.42 Å². The minimum Gasteiger partial charge on any atom is -0.491 e. The van der Waals surface area contributed by atoms with Crippen molar-refractivity contribution in [2.24, 2.45) is 0 Å². The topological polar surface area (TPSA) is 63.6 Å². The van der Waals surface area contributed by atoms with E-state index in [1.807, 2.05) is 13.0 Å². The van der Waals surface area contributed by atoms with Gasteiger partial charge in [-0.15, -0.1) is 0 Å². The highest BCUT2D eigenvalue weighted by atomic mass is 32.2. The molecule has 0 aliphatic rings. The van der Waals surface area contributed by atoms with Gasteiger partial charge in [0.25, 0.3) is 10.1 Å². The van der Waals surface area contributed by atoms with Crippen LogP contribution in [0.1, 0.15) is 115 Å². The number of hydrogen-bond donors (Lipinski definition) is 1. The molecule has 0 radical (unpaired) electrons. The van der Waals surface area contributed by atoms with Crippen LogP contribution in [0.25, 0.3) is 0 Å². The molecule has 1 aromatic rings. The van der Waals surface area contributed by atoms with Crippen LogP contribution in [0.2, 0.25) is 0 Å². The van der Waals surface area contributed by atoms with E-state index >= 15 is 0 Å². The number of benzene rings is 1. The minimum absolute atomic E-state index is 0.256. The molecule has 4 nitrogen and oxygen atoms in total. The van der Waals surface area contributed by atoms with Gasteiger partial charge in [0.2, 0.25) is 0 Å². The number of rotatable bonds is 19. The van der Waals surface area contributed by atoms with Gasteiger partial charge >= 0.3 is 0 Å². The Labute approximate surface area is 191 Å². The standard InChI is InChI=1S/C26H46O4S/c1-4-6-8-10-12-14-16-24-18-19-26(30-23(3)20-21-31(27,28)29)22-25(24)17-15-13-11-9-7-5-2/h18-19,22-23H,4-17,20-21H2,1-3H3,(H,27,28,29). The fourth-order valence-corrected chi connectivity index (χ4v) is 4.58. The fraction of sp³-hybridized carbons (Fsp3) is 0.769.